The molecule has 2 saturated heterocycles. The summed E-state index contributed by atoms with van der Waals surface area (Å²) in [6.07, 6.45) is 7.83. The number of nitrogens with zero attached hydrogens (tertiary/aromatic N) is 6. The summed E-state index contributed by atoms with van der Waals surface area (Å²) in [6, 6.07) is 7.07. The summed E-state index contributed by atoms with van der Waals surface area (Å²) < 4.78 is 0. The van der Waals surface area contributed by atoms with Gasteiger partial charge in [-0.1, -0.05) is 12.1 Å². The Labute approximate surface area is 236 Å². The Bertz CT molecular complexity index is 1360. The van der Waals surface area contributed by atoms with E-state index in [0.29, 0.717) is 23.0 Å². The maximum absolute atomic E-state index is 10.3. The number of likely N-dealkylation sites (N-methyl/N-ethyl adjacent to an activating group) is 1. The van der Waals surface area contributed by atoms with E-state index in [1.165, 1.54) is 39.1 Å². The molecule has 1 aromatic carbocycles. The van der Waals surface area contributed by atoms with Crippen molar-refractivity contribution >= 4 is 29.2 Å². The first-order chi connectivity index (χ1) is 19.4. The second-order valence-corrected chi connectivity index (χ2v) is 11.5. The van der Waals surface area contributed by atoms with E-state index in [1.54, 1.807) is 18.2 Å². The molecule has 0 saturated carbocycles. The Balaban J connectivity index is 1.15. The lowest BCUT2D eigenvalue weighted by atomic mass is 9.95. The zero-order valence-corrected chi connectivity index (χ0v) is 23.6. The van der Waals surface area contributed by atoms with Crippen molar-refractivity contribution in [3.8, 4) is 5.75 Å². The Kier molecular flexibility index (Phi) is 7.29. The Morgan fingerprint density at radius 2 is 1.85 bits per heavy atom. The molecule has 2 aromatic heterocycles. The van der Waals surface area contributed by atoms with Crippen LogP contribution in [0.3, 0.4) is 0 Å². The number of phenols is 1. The maximum atomic E-state index is 10.3. The fraction of sp³-hybridized carbons (Fsp3) is 0.467. The first kappa shape index (κ1) is 26.5. The minimum absolute atomic E-state index is 0.00586. The fourth-order valence-corrected chi connectivity index (χ4v) is 6.48. The molecular weight excluding hydrogens is 502 g/mol. The van der Waals surface area contributed by atoms with Crippen LogP contribution in [0.25, 0.3) is 11.8 Å². The lowest BCUT2D eigenvalue weighted by Gasteiger charge is -2.34. The number of anilines is 3. The summed E-state index contributed by atoms with van der Waals surface area (Å²) in [6.45, 7) is 10.9. The van der Waals surface area contributed by atoms with Crippen LogP contribution in [0, 0.1) is 5.92 Å². The predicted octanol–water partition coefficient (Wildman–Crippen LogP) is 2.75. The summed E-state index contributed by atoms with van der Waals surface area (Å²) in [5.41, 5.74) is 18.0. The van der Waals surface area contributed by atoms with Crippen molar-refractivity contribution in [1.82, 2.24) is 24.8 Å². The third kappa shape index (κ3) is 5.21. The number of aromatic amines is 1. The van der Waals surface area contributed by atoms with E-state index < -0.39 is 0 Å². The number of aromatic nitrogens is 3. The molecule has 0 bridgehead atoms. The molecule has 2 unspecified atom stereocenters. The zero-order valence-electron chi connectivity index (χ0n) is 23.6. The van der Waals surface area contributed by atoms with Gasteiger partial charge in [-0.05, 0) is 44.5 Å². The van der Waals surface area contributed by atoms with E-state index in [1.807, 2.05) is 24.5 Å². The van der Waals surface area contributed by atoms with E-state index in [2.05, 4.69) is 38.6 Å². The lowest BCUT2D eigenvalue weighted by Crippen LogP contribution is -2.46. The van der Waals surface area contributed by atoms with Crippen molar-refractivity contribution in [3.63, 3.8) is 0 Å². The summed E-state index contributed by atoms with van der Waals surface area (Å²) in [5.74, 6) is 2.14. The van der Waals surface area contributed by atoms with Gasteiger partial charge in [-0.15, -0.1) is 0 Å². The quantitative estimate of drug-likeness (QED) is 0.371. The van der Waals surface area contributed by atoms with E-state index in [4.69, 9.17) is 21.4 Å². The molecule has 0 spiro atoms. The second-order valence-electron chi connectivity index (χ2n) is 11.5. The number of para-hydroxylation sites is 1. The van der Waals surface area contributed by atoms with Crippen molar-refractivity contribution in [3.05, 3.63) is 59.0 Å². The number of hydrogen-bond acceptors (Lipinski definition) is 9. The van der Waals surface area contributed by atoms with Gasteiger partial charge in [-0.25, -0.2) is 9.97 Å². The van der Waals surface area contributed by atoms with Gasteiger partial charge in [0.15, 0.2) is 0 Å². The summed E-state index contributed by atoms with van der Waals surface area (Å²) in [5, 5.41) is 10.3. The van der Waals surface area contributed by atoms with Crippen LogP contribution in [0.5, 0.6) is 5.75 Å². The van der Waals surface area contributed by atoms with Gasteiger partial charge in [0.2, 0.25) is 5.95 Å². The van der Waals surface area contributed by atoms with Crippen molar-refractivity contribution in [2.45, 2.75) is 25.8 Å². The van der Waals surface area contributed by atoms with Crippen LogP contribution in [-0.4, -0.2) is 89.3 Å². The van der Waals surface area contributed by atoms with Crippen molar-refractivity contribution in [2.75, 3.05) is 74.9 Å². The van der Waals surface area contributed by atoms with Crippen molar-refractivity contribution < 1.29 is 5.11 Å². The molecular formula is C30H41N9O. The number of nitrogen functional groups attached to an aromatic ring is 1. The summed E-state index contributed by atoms with van der Waals surface area (Å²) in [4.78, 5) is 22.7. The highest BCUT2D eigenvalue weighted by Crippen LogP contribution is 2.38. The van der Waals surface area contributed by atoms with Crippen molar-refractivity contribution in [1.29, 1.82) is 0 Å². The highest BCUT2D eigenvalue weighted by atomic mass is 16.3. The minimum atomic E-state index is 0.00586. The Hall–Kier alpha value is -3.76. The number of nitrogens with one attached hydrogen (secondary N) is 1. The molecule has 2 fully saturated rings. The molecule has 10 heteroatoms. The maximum Gasteiger partial charge on any atom is 0.225 e. The molecule has 6 rings (SSSR count). The topological polar surface area (TPSA) is 127 Å². The Morgan fingerprint density at radius 3 is 2.60 bits per heavy atom. The number of hydrogen-bond donors (Lipinski definition) is 4. The molecule has 5 heterocycles. The van der Waals surface area contributed by atoms with Crippen molar-refractivity contribution in [2.24, 2.45) is 11.7 Å². The smallest absolute Gasteiger partial charge is 0.225 e. The zero-order chi connectivity index (χ0) is 27.8. The van der Waals surface area contributed by atoms with Crippen LogP contribution in [0.15, 0.2) is 36.7 Å². The first-order valence-electron chi connectivity index (χ1n) is 14.4. The van der Waals surface area contributed by atoms with Gasteiger partial charge in [0.05, 0.1) is 24.1 Å². The number of nitrogens with two attached hydrogens (primary N) is 2. The number of phenolic OH excluding ortho intramolecular Hbond substituents is 1. The van der Waals surface area contributed by atoms with Crippen LogP contribution in [0.2, 0.25) is 0 Å². The lowest BCUT2D eigenvalue weighted by molar-refractivity contribution is 0.139. The average Bonchev–Trinajstić information content (AvgIpc) is 3.55. The van der Waals surface area contributed by atoms with Crippen LogP contribution in [0.4, 0.5) is 17.5 Å². The van der Waals surface area contributed by atoms with Crippen LogP contribution in [-0.2, 0) is 6.42 Å². The predicted molar refractivity (Wildman–Crippen MR) is 161 cm³/mol. The van der Waals surface area contributed by atoms with E-state index in [-0.39, 0.29) is 11.8 Å². The molecule has 212 valence electrons. The van der Waals surface area contributed by atoms with E-state index in [0.717, 1.165) is 54.5 Å². The van der Waals surface area contributed by atoms with Crippen LogP contribution >= 0.6 is 0 Å². The highest BCUT2D eigenvalue weighted by molar-refractivity contribution is 5.86. The fourth-order valence-electron chi connectivity index (χ4n) is 6.48. The van der Waals surface area contributed by atoms with Gasteiger partial charge >= 0.3 is 0 Å². The largest absolute Gasteiger partial charge is 0.507 e. The molecule has 3 aliphatic heterocycles. The normalized spacial score (nSPS) is 22.6. The summed E-state index contributed by atoms with van der Waals surface area (Å²) >= 11 is 0. The number of aromatic hydroxyl groups is 1. The summed E-state index contributed by atoms with van der Waals surface area (Å²) in [7, 11) is 2.21. The van der Waals surface area contributed by atoms with Gasteiger partial charge < -0.3 is 41.2 Å². The molecule has 0 radical (unpaired) electrons. The first-order valence-corrected chi connectivity index (χ1v) is 14.4. The van der Waals surface area contributed by atoms with Gasteiger partial charge in [-0.2, -0.15) is 0 Å². The molecule has 10 nitrogen and oxygen atoms in total. The molecule has 3 aliphatic rings. The number of benzene rings is 1. The monoisotopic (exact) mass is 543 g/mol. The average molecular weight is 544 g/mol. The number of piperazine rings is 1. The molecule has 3 aromatic rings. The highest BCUT2D eigenvalue weighted by Gasteiger charge is 2.31. The van der Waals surface area contributed by atoms with Gasteiger partial charge in [0.1, 0.15) is 11.6 Å². The third-order valence-corrected chi connectivity index (χ3v) is 8.84. The second kappa shape index (κ2) is 11.0. The van der Waals surface area contributed by atoms with Crippen LogP contribution < -0.4 is 21.3 Å². The minimum Gasteiger partial charge on any atom is -0.507 e. The number of fused-ring (bicyclic) bond motifs is 1. The van der Waals surface area contributed by atoms with Crippen LogP contribution in [0.1, 0.15) is 41.8 Å². The molecule has 0 aliphatic carbocycles. The van der Waals surface area contributed by atoms with E-state index >= 15 is 0 Å². The van der Waals surface area contributed by atoms with Gasteiger partial charge in [0, 0.05) is 86.9 Å². The van der Waals surface area contributed by atoms with E-state index in [9.17, 15) is 5.11 Å². The molecule has 0 amide bonds. The number of H-pyrrole nitrogens is 1. The molecule has 2 atom stereocenters. The number of rotatable bonds is 6. The molecule has 6 N–H and O–H groups in total. The molecule has 40 heavy (non-hydrogen) atoms. The third-order valence-electron chi connectivity index (χ3n) is 8.84. The Morgan fingerprint density at radius 1 is 1.10 bits per heavy atom. The SMILES string of the molecule is CC1c2c([nH]c(N)c2/C=C(\N)c2ccccc2O)CCN1c1ncc(N2CCC(CN3CCN(C)CC3)C2)cn1. The standard InChI is InChI=1S/C30H41N9O/c1-20-28-24(15-25(31)23-5-3-4-6-27(23)40)29(32)35-26(28)8-10-39(20)30-33-16-22(17-34-30)38-9-7-21(19-38)18-37-13-11-36(2)12-14-37/h3-6,15-17,20-21,35,40H,7-14,18-19,31-32H2,1-2H3/b25-15-. The van der Waals surface area contributed by atoms with Gasteiger partial charge in [-0.3, -0.25) is 0 Å². The van der Waals surface area contributed by atoms with Gasteiger partial charge in [0.25, 0.3) is 0 Å².